The van der Waals surface area contributed by atoms with Gasteiger partial charge in [0.05, 0.1) is 0 Å². The molecule has 2 aromatic heterocycles. The molecule has 4 rings (SSSR count). The quantitative estimate of drug-likeness (QED) is 0.599. The molecule has 2 aromatic carbocycles. The van der Waals surface area contributed by atoms with Crippen molar-refractivity contribution in [3.8, 4) is 5.75 Å². The fourth-order valence-electron chi connectivity index (χ4n) is 2.83. The number of nitrogens with zero attached hydrogens (tertiary/aromatic N) is 3. The average molecular weight is 343 g/mol. The van der Waals surface area contributed by atoms with Crippen LogP contribution < -0.4 is 4.74 Å². The molecule has 1 unspecified atom stereocenters. The Hall–Kier alpha value is -3.31. The highest BCUT2D eigenvalue weighted by molar-refractivity contribution is 5.84. The van der Waals surface area contributed by atoms with Gasteiger partial charge in [0, 0.05) is 24.0 Å². The van der Waals surface area contributed by atoms with Crippen LogP contribution in [0.4, 0.5) is 0 Å². The van der Waals surface area contributed by atoms with Crippen LogP contribution in [0.3, 0.4) is 0 Å². The maximum Gasteiger partial charge on any atom is 0.146 e. The van der Waals surface area contributed by atoms with E-state index in [4.69, 9.17) is 4.74 Å². The van der Waals surface area contributed by atoms with Crippen molar-refractivity contribution in [2.75, 3.05) is 0 Å². The Kier molecular flexibility index (Phi) is 4.53. The molecule has 0 aliphatic heterocycles. The van der Waals surface area contributed by atoms with Crippen molar-refractivity contribution in [2.24, 2.45) is 0 Å². The molecular formula is C21H17N3O2. The third-order valence-electron chi connectivity index (χ3n) is 4.17. The van der Waals surface area contributed by atoms with Gasteiger partial charge in [-0.3, -0.25) is 4.98 Å². The highest BCUT2D eigenvalue weighted by Crippen LogP contribution is 2.31. The number of rotatable bonds is 5. The number of aliphatic hydroxyl groups is 1. The zero-order valence-electron chi connectivity index (χ0n) is 14.0. The molecule has 0 fully saturated rings. The summed E-state index contributed by atoms with van der Waals surface area (Å²) < 4.78 is 6.02. The largest absolute Gasteiger partial charge is 0.487 e. The normalized spacial score (nSPS) is 12.0. The van der Waals surface area contributed by atoms with Crippen molar-refractivity contribution < 1.29 is 9.84 Å². The lowest BCUT2D eigenvalue weighted by Gasteiger charge is -2.15. The molecule has 5 nitrogen and oxygen atoms in total. The minimum Gasteiger partial charge on any atom is -0.487 e. The minimum atomic E-state index is -0.776. The molecule has 4 aromatic rings. The molecule has 0 bridgehead atoms. The molecule has 1 N–H and O–H groups in total. The number of ether oxygens (including phenoxy) is 1. The van der Waals surface area contributed by atoms with Gasteiger partial charge in [-0.25, -0.2) is 9.97 Å². The predicted octanol–water partition coefficient (Wildman–Crippen LogP) is 3.69. The van der Waals surface area contributed by atoms with Crippen LogP contribution in [-0.2, 0) is 6.61 Å². The van der Waals surface area contributed by atoms with Crippen LogP contribution in [0, 0.1) is 0 Å². The fourth-order valence-corrected chi connectivity index (χ4v) is 2.83. The van der Waals surface area contributed by atoms with Crippen LogP contribution in [0.2, 0.25) is 0 Å². The molecule has 0 spiro atoms. The van der Waals surface area contributed by atoms with Crippen LogP contribution in [0.25, 0.3) is 10.9 Å². The minimum absolute atomic E-state index is 0.425. The molecule has 26 heavy (non-hydrogen) atoms. The summed E-state index contributed by atoms with van der Waals surface area (Å²) in [4.78, 5) is 12.4. The lowest BCUT2D eigenvalue weighted by atomic mass is 10.0. The molecule has 5 heteroatoms. The van der Waals surface area contributed by atoms with E-state index in [0.29, 0.717) is 12.4 Å². The Balaban J connectivity index is 1.71. The molecule has 0 radical (unpaired) electrons. The van der Waals surface area contributed by atoms with Gasteiger partial charge in [-0.2, -0.15) is 0 Å². The Bertz CT molecular complexity index is 1010. The standard InChI is InChI=1S/C21H17N3O2/c25-21(16-6-8-22-9-7-16)17-10-18-12-23-14-24-20(18)19(11-17)26-13-15-4-2-1-3-5-15/h1-12,14,21,25H,13H2. The van der Waals surface area contributed by atoms with Crippen molar-refractivity contribution in [2.45, 2.75) is 12.7 Å². The highest BCUT2D eigenvalue weighted by atomic mass is 16.5. The molecule has 0 aliphatic rings. The zero-order valence-corrected chi connectivity index (χ0v) is 14.0. The second-order valence-corrected chi connectivity index (χ2v) is 5.94. The van der Waals surface area contributed by atoms with Crippen molar-refractivity contribution >= 4 is 10.9 Å². The van der Waals surface area contributed by atoms with E-state index in [0.717, 1.165) is 27.6 Å². The maximum absolute atomic E-state index is 10.7. The van der Waals surface area contributed by atoms with Gasteiger partial charge in [0.25, 0.3) is 0 Å². The fraction of sp³-hybridized carbons (Fsp3) is 0.0952. The van der Waals surface area contributed by atoms with Gasteiger partial charge in [-0.1, -0.05) is 30.3 Å². The van der Waals surface area contributed by atoms with E-state index in [1.165, 1.54) is 6.33 Å². The Morgan fingerprint density at radius 1 is 0.923 bits per heavy atom. The number of hydrogen-bond acceptors (Lipinski definition) is 5. The van der Waals surface area contributed by atoms with Crippen LogP contribution in [0.1, 0.15) is 22.8 Å². The first-order valence-electron chi connectivity index (χ1n) is 8.29. The molecule has 0 aliphatic carbocycles. The van der Waals surface area contributed by atoms with Gasteiger partial charge in [0.15, 0.2) is 0 Å². The number of aliphatic hydroxyl groups excluding tert-OH is 1. The van der Waals surface area contributed by atoms with Crippen LogP contribution in [-0.4, -0.2) is 20.1 Å². The first-order chi connectivity index (χ1) is 12.8. The summed E-state index contributed by atoms with van der Waals surface area (Å²) in [5.74, 6) is 0.622. The molecule has 128 valence electrons. The molecule has 2 heterocycles. The lowest BCUT2D eigenvalue weighted by Crippen LogP contribution is -2.03. The van der Waals surface area contributed by atoms with Gasteiger partial charge < -0.3 is 9.84 Å². The van der Waals surface area contributed by atoms with Gasteiger partial charge in [0.1, 0.15) is 30.3 Å². The smallest absolute Gasteiger partial charge is 0.146 e. The first kappa shape index (κ1) is 16.2. The third-order valence-corrected chi connectivity index (χ3v) is 4.17. The predicted molar refractivity (Wildman–Crippen MR) is 98.6 cm³/mol. The van der Waals surface area contributed by atoms with Crippen molar-refractivity contribution in [3.63, 3.8) is 0 Å². The Morgan fingerprint density at radius 3 is 2.54 bits per heavy atom. The van der Waals surface area contributed by atoms with Crippen molar-refractivity contribution in [1.82, 2.24) is 15.0 Å². The first-order valence-corrected chi connectivity index (χ1v) is 8.29. The third kappa shape index (κ3) is 3.38. The van der Waals surface area contributed by atoms with E-state index in [1.807, 2.05) is 42.5 Å². The molecule has 0 saturated carbocycles. The molecule has 0 saturated heterocycles. The summed E-state index contributed by atoms with van der Waals surface area (Å²) in [7, 11) is 0. The molecule has 1 atom stereocenters. The Labute approximate surface area is 151 Å². The van der Waals surface area contributed by atoms with E-state index < -0.39 is 6.10 Å². The molecule has 0 amide bonds. The summed E-state index contributed by atoms with van der Waals surface area (Å²) in [6.07, 6.45) is 5.77. The second-order valence-electron chi connectivity index (χ2n) is 5.94. The highest BCUT2D eigenvalue weighted by Gasteiger charge is 2.15. The monoisotopic (exact) mass is 343 g/mol. The van der Waals surface area contributed by atoms with Crippen LogP contribution >= 0.6 is 0 Å². The SMILES string of the molecule is OC(c1ccncc1)c1cc(OCc2ccccc2)c2ncncc2c1. The van der Waals surface area contributed by atoms with E-state index >= 15 is 0 Å². The summed E-state index contributed by atoms with van der Waals surface area (Å²) in [6.45, 7) is 0.425. The number of hydrogen-bond donors (Lipinski definition) is 1. The lowest BCUT2D eigenvalue weighted by molar-refractivity contribution is 0.219. The number of fused-ring (bicyclic) bond motifs is 1. The van der Waals surface area contributed by atoms with E-state index in [9.17, 15) is 5.11 Å². The van der Waals surface area contributed by atoms with Crippen molar-refractivity contribution in [1.29, 1.82) is 0 Å². The average Bonchev–Trinajstić information content (AvgIpc) is 2.72. The zero-order chi connectivity index (χ0) is 17.8. The van der Waals surface area contributed by atoms with Gasteiger partial charge >= 0.3 is 0 Å². The summed E-state index contributed by atoms with van der Waals surface area (Å²) in [5, 5.41) is 11.6. The van der Waals surface area contributed by atoms with Gasteiger partial charge in [-0.05, 0) is 41.0 Å². The van der Waals surface area contributed by atoms with Crippen LogP contribution in [0.15, 0.2) is 79.5 Å². The number of pyridine rings is 1. The summed E-state index contributed by atoms with van der Waals surface area (Å²) in [5.41, 5.74) is 3.28. The second kappa shape index (κ2) is 7.29. The maximum atomic E-state index is 10.7. The van der Waals surface area contributed by atoms with Gasteiger partial charge in [0.2, 0.25) is 0 Å². The van der Waals surface area contributed by atoms with Crippen molar-refractivity contribution in [3.05, 3.63) is 96.2 Å². The van der Waals surface area contributed by atoms with E-state index in [-0.39, 0.29) is 0 Å². The Morgan fingerprint density at radius 2 is 1.73 bits per heavy atom. The van der Waals surface area contributed by atoms with Crippen LogP contribution in [0.5, 0.6) is 5.75 Å². The summed E-state index contributed by atoms with van der Waals surface area (Å²) in [6, 6.07) is 17.2. The number of aromatic nitrogens is 3. The van der Waals surface area contributed by atoms with E-state index in [1.54, 1.807) is 30.7 Å². The summed E-state index contributed by atoms with van der Waals surface area (Å²) >= 11 is 0. The van der Waals surface area contributed by atoms with E-state index in [2.05, 4.69) is 15.0 Å². The number of benzene rings is 2. The topological polar surface area (TPSA) is 68.1 Å². The molecular weight excluding hydrogens is 326 g/mol. The van der Waals surface area contributed by atoms with Gasteiger partial charge in [-0.15, -0.1) is 0 Å².